The highest BCUT2D eigenvalue weighted by molar-refractivity contribution is 7.98. The maximum Gasteiger partial charge on any atom is 0.243 e. The van der Waals surface area contributed by atoms with E-state index in [0.717, 1.165) is 16.1 Å². The van der Waals surface area contributed by atoms with Crippen molar-refractivity contribution in [1.29, 1.82) is 0 Å². The molecule has 2 rings (SSSR count). The highest BCUT2D eigenvalue weighted by atomic mass is 32.2. The first-order chi connectivity index (χ1) is 12.8. The van der Waals surface area contributed by atoms with Crippen molar-refractivity contribution in [3.8, 4) is 0 Å². The SMILES string of the molecule is CCN(CC)S(=O)(=O)c1ccc(C)c(NC(=S)Nc2ccccc2SC)c1. The predicted molar refractivity (Wildman–Crippen MR) is 119 cm³/mol. The fourth-order valence-electron chi connectivity index (χ4n) is 2.63. The van der Waals surface area contributed by atoms with Crippen LogP contribution in [-0.2, 0) is 10.0 Å². The second-order valence-corrected chi connectivity index (χ2v) is 9.04. The molecule has 2 aromatic carbocycles. The Labute approximate surface area is 171 Å². The minimum atomic E-state index is -3.52. The molecule has 0 radical (unpaired) electrons. The van der Waals surface area contributed by atoms with Crippen LogP contribution in [0.3, 0.4) is 0 Å². The summed E-state index contributed by atoms with van der Waals surface area (Å²) in [6.45, 7) is 6.43. The Bertz CT molecular complexity index is 910. The van der Waals surface area contributed by atoms with Gasteiger partial charge in [-0.25, -0.2) is 8.42 Å². The molecule has 0 bridgehead atoms. The third-order valence-corrected chi connectivity index (χ3v) is 7.20. The average molecular weight is 424 g/mol. The van der Waals surface area contributed by atoms with E-state index >= 15 is 0 Å². The maximum absolute atomic E-state index is 12.8. The molecular formula is C19H25N3O2S3. The van der Waals surface area contributed by atoms with Crippen molar-refractivity contribution in [2.24, 2.45) is 0 Å². The van der Waals surface area contributed by atoms with E-state index in [1.807, 2.05) is 51.3 Å². The van der Waals surface area contributed by atoms with Gasteiger partial charge in [0.25, 0.3) is 0 Å². The van der Waals surface area contributed by atoms with Crippen LogP contribution in [0.2, 0.25) is 0 Å². The van der Waals surface area contributed by atoms with Crippen molar-refractivity contribution in [3.05, 3.63) is 48.0 Å². The molecular weight excluding hydrogens is 398 g/mol. The molecule has 0 spiro atoms. The average Bonchev–Trinajstić information content (AvgIpc) is 2.64. The Balaban J connectivity index is 2.25. The Morgan fingerprint density at radius 2 is 1.70 bits per heavy atom. The van der Waals surface area contributed by atoms with Crippen LogP contribution in [0.5, 0.6) is 0 Å². The first-order valence-corrected chi connectivity index (χ1v) is 11.7. The predicted octanol–water partition coefficient (Wildman–Crippen LogP) is 4.56. The van der Waals surface area contributed by atoms with Gasteiger partial charge in [-0.2, -0.15) is 4.31 Å². The number of rotatable bonds is 7. The summed E-state index contributed by atoms with van der Waals surface area (Å²) in [4.78, 5) is 1.34. The Morgan fingerprint density at radius 1 is 1.07 bits per heavy atom. The van der Waals surface area contributed by atoms with E-state index in [1.165, 1.54) is 4.31 Å². The van der Waals surface area contributed by atoms with E-state index in [2.05, 4.69) is 10.6 Å². The fraction of sp³-hybridized carbons (Fsp3) is 0.316. The highest BCUT2D eigenvalue weighted by Crippen LogP contribution is 2.26. The standard InChI is InChI=1S/C19H25N3O2S3/c1-5-22(6-2)27(23,24)15-12-11-14(3)17(13-15)21-19(25)20-16-9-7-8-10-18(16)26-4/h7-13H,5-6H2,1-4H3,(H2,20,21,25). The van der Waals surface area contributed by atoms with Gasteiger partial charge < -0.3 is 10.6 Å². The van der Waals surface area contributed by atoms with Crippen molar-refractivity contribution >= 4 is 50.5 Å². The number of hydrogen-bond donors (Lipinski definition) is 2. The van der Waals surface area contributed by atoms with Crippen LogP contribution in [-0.4, -0.2) is 37.2 Å². The second kappa shape index (κ2) is 9.54. The van der Waals surface area contributed by atoms with Crippen LogP contribution >= 0.6 is 24.0 Å². The minimum absolute atomic E-state index is 0.256. The summed E-state index contributed by atoms with van der Waals surface area (Å²) in [6, 6.07) is 12.9. The molecule has 0 saturated heterocycles. The van der Waals surface area contributed by atoms with Crippen molar-refractivity contribution in [2.75, 3.05) is 30.0 Å². The number of nitrogens with one attached hydrogen (secondary N) is 2. The van der Waals surface area contributed by atoms with Gasteiger partial charge in [0.2, 0.25) is 10.0 Å². The molecule has 0 heterocycles. The van der Waals surface area contributed by atoms with Crippen molar-refractivity contribution in [1.82, 2.24) is 4.31 Å². The van der Waals surface area contributed by atoms with E-state index in [9.17, 15) is 8.42 Å². The van der Waals surface area contributed by atoms with E-state index in [0.29, 0.717) is 23.9 Å². The fourth-order valence-corrected chi connectivity index (χ4v) is 4.89. The molecule has 0 aliphatic carbocycles. The number of benzene rings is 2. The largest absolute Gasteiger partial charge is 0.332 e. The number of sulfonamides is 1. The zero-order valence-corrected chi connectivity index (χ0v) is 18.4. The summed E-state index contributed by atoms with van der Waals surface area (Å²) in [6.07, 6.45) is 2.00. The lowest BCUT2D eigenvalue weighted by Crippen LogP contribution is -2.30. The Morgan fingerprint density at radius 3 is 2.33 bits per heavy atom. The summed E-state index contributed by atoms with van der Waals surface area (Å²) in [5, 5.41) is 6.72. The smallest absolute Gasteiger partial charge is 0.243 e. The van der Waals surface area contributed by atoms with Gasteiger partial charge in [0, 0.05) is 23.7 Å². The van der Waals surface area contributed by atoms with Crippen LogP contribution in [0.25, 0.3) is 0 Å². The van der Waals surface area contributed by atoms with E-state index in [4.69, 9.17) is 12.2 Å². The summed E-state index contributed by atoms with van der Waals surface area (Å²) >= 11 is 7.05. The summed E-state index contributed by atoms with van der Waals surface area (Å²) < 4.78 is 27.0. The quantitative estimate of drug-likeness (QED) is 0.503. The molecule has 0 atom stereocenters. The number of thiocarbonyl (C=S) groups is 1. The normalized spacial score (nSPS) is 11.4. The first kappa shape index (κ1) is 21.7. The summed E-state index contributed by atoms with van der Waals surface area (Å²) in [5.41, 5.74) is 2.49. The molecule has 0 aliphatic rings. The molecule has 146 valence electrons. The van der Waals surface area contributed by atoms with E-state index in [-0.39, 0.29) is 4.90 Å². The van der Waals surface area contributed by atoms with Gasteiger partial charge in [0.15, 0.2) is 5.11 Å². The molecule has 0 unspecified atom stereocenters. The van der Waals surface area contributed by atoms with Gasteiger partial charge in [-0.05, 0) is 55.2 Å². The van der Waals surface area contributed by atoms with Gasteiger partial charge in [-0.3, -0.25) is 0 Å². The maximum atomic E-state index is 12.8. The zero-order chi connectivity index (χ0) is 20.0. The molecule has 27 heavy (non-hydrogen) atoms. The molecule has 2 N–H and O–H groups in total. The number of para-hydroxylation sites is 1. The van der Waals surface area contributed by atoms with E-state index < -0.39 is 10.0 Å². The monoisotopic (exact) mass is 423 g/mol. The topological polar surface area (TPSA) is 61.4 Å². The van der Waals surface area contributed by atoms with Gasteiger partial charge in [-0.15, -0.1) is 11.8 Å². The number of anilines is 2. The Hall–Kier alpha value is -1.61. The zero-order valence-electron chi connectivity index (χ0n) is 15.9. The van der Waals surface area contributed by atoms with Crippen LogP contribution in [0, 0.1) is 6.92 Å². The van der Waals surface area contributed by atoms with Gasteiger partial charge in [-0.1, -0.05) is 32.0 Å². The molecule has 5 nitrogen and oxygen atoms in total. The molecule has 8 heteroatoms. The molecule has 0 aliphatic heterocycles. The first-order valence-electron chi connectivity index (χ1n) is 8.65. The third-order valence-electron chi connectivity index (χ3n) is 4.16. The van der Waals surface area contributed by atoms with Crippen molar-refractivity contribution in [2.45, 2.75) is 30.6 Å². The summed E-state index contributed by atoms with van der Waals surface area (Å²) in [7, 11) is -3.52. The number of thioether (sulfide) groups is 1. The van der Waals surface area contributed by atoms with Crippen molar-refractivity contribution < 1.29 is 8.42 Å². The lowest BCUT2D eigenvalue weighted by atomic mass is 10.2. The molecule has 0 fully saturated rings. The number of aryl methyl sites for hydroxylation is 1. The van der Waals surface area contributed by atoms with Crippen molar-refractivity contribution in [3.63, 3.8) is 0 Å². The lowest BCUT2D eigenvalue weighted by Gasteiger charge is -2.20. The van der Waals surface area contributed by atoms with Crippen LogP contribution in [0.15, 0.2) is 52.3 Å². The van der Waals surface area contributed by atoms with Gasteiger partial charge in [0.05, 0.1) is 10.6 Å². The summed E-state index contributed by atoms with van der Waals surface area (Å²) in [5.74, 6) is 0. The molecule has 0 aromatic heterocycles. The van der Waals surface area contributed by atoms with Gasteiger partial charge >= 0.3 is 0 Å². The Kier molecular flexibility index (Phi) is 7.67. The molecule has 2 aromatic rings. The van der Waals surface area contributed by atoms with E-state index in [1.54, 1.807) is 30.0 Å². The molecule has 0 saturated carbocycles. The lowest BCUT2D eigenvalue weighted by molar-refractivity contribution is 0.445. The second-order valence-electron chi connectivity index (χ2n) is 5.85. The van der Waals surface area contributed by atoms with Crippen LogP contribution in [0.4, 0.5) is 11.4 Å². The number of nitrogens with zero attached hydrogens (tertiary/aromatic N) is 1. The van der Waals surface area contributed by atoms with Gasteiger partial charge in [0.1, 0.15) is 0 Å². The van der Waals surface area contributed by atoms with Crippen LogP contribution < -0.4 is 10.6 Å². The minimum Gasteiger partial charge on any atom is -0.332 e. The number of hydrogen-bond acceptors (Lipinski definition) is 4. The highest BCUT2D eigenvalue weighted by Gasteiger charge is 2.22. The third kappa shape index (κ3) is 5.22. The molecule has 0 amide bonds. The van der Waals surface area contributed by atoms with Crippen LogP contribution in [0.1, 0.15) is 19.4 Å².